The molecule has 0 bridgehead atoms. The van der Waals surface area contributed by atoms with E-state index in [9.17, 15) is 14.7 Å². The third-order valence-corrected chi connectivity index (χ3v) is 3.57. The zero-order valence-corrected chi connectivity index (χ0v) is 12.2. The van der Waals surface area contributed by atoms with E-state index in [0.717, 1.165) is 12.8 Å². The molecule has 0 saturated carbocycles. The lowest BCUT2D eigenvalue weighted by molar-refractivity contribution is -0.143. The molecular weight excluding hydrogens is 258 g/mol. The topological polar surface area (TPSA) is 75.4 Å². The Labute approximate surface area is 118 Å². The van der Waals surface area contributed by atoms with E-state index in [1.165, 1.54) is 11.1 Å². The van der Waals surface area contributed by atoms with Crippen molar-refractivity contribution in [1.29, 1.82) is 0 Å². The van der Waals surface area contributed by atoms with Crippen LogP contribution in [0.25, 0.3) is 0 Å². The number of hydrogen-bond acceptors (Lipinski definition) is 3. The van der Waals surface area contributed by atoms with E-state index in [0.29, 0.717) is 18.5 Å². The van der Waals surface area contributed by atoms with Gasteiger partial charge in [0.25, 0.3) is 5.91 Å². The number of hydrogen-bond donors (Lipinski definition) is 1. The molecule has 1 amide bonds. The number of carboxylic acid groups (broad SMARTS) is 1. The van der Waals surface area contributed by atoms with E-state index in [4.69, 9.17) is 0 Å². The van der Waals surface area contributed by atoms with Crippen LogP contribution in [0, 0.1) is 0 Å². The standard InChI is InChI=1S/C14H21N3O3/c1-14(2,3)17-9-10(8-15-17)12(18)16-7-5-4-6-11(16)13(19)20/h8-9,11H,4-7H2,1-3H3,(H,19,20)/t11-/m0/s1. The van der Waals surface area contributed by atoms with Crippen molar-refractivity contribution < 1.29 is 14.7 Å². The summed E-state index contributed by atoms with van der Waals surface area (Å²) in [5, 5.41) is 13.4. The molecule has 1 aromatic heterocycles. The Morgan fingerprint density at radius 2 is 2.05 bits per heavy atom. The molecule has 0 spiro atoms. The summed E-state index contributed by atoms with van der Waals surface area (Å²) in [4.78, 5) is 25.2. The van der Waals surface area contributed by atoms with Gasteiger partial charge in [-0.3, -0.25) is 9.48 Å². The van der Waals surface area contributed by atoms with Gasteiger partial charge in [-0.15, -0.1) is 0 Å². The fourth-order valence-corrected chi connectivity index (χ4v) is 2.40. The van der Waals surface area contributed by atoms with Crippen LogP contribution in [0.15, 0.2) is 12.4 Å². The molecule has 1 aliphatic heterocycles. The third-order valence-electron chi connectivity index (χ3n) is 3.57. The molecule has 2 rings (SSSR count). The van der Waals surface area contributed by atoms with Crippen LogP contribution in [0.1, 0.15) is 50.4 Å². The molecule has 1 fully saturated rings. The SMILES string of the molecule is CC(C)(C)n1cc(C(=O)N2CCCC[C@H]2C(=O)O)cn1. The van der Waals surface area contributed by atoms with Crippen LogP contribution >= 0.6 is 0 Å². The average molecular weight is 279 g/mol. The van der Waals surface area contributed by atoms with Crippen LogP contribution in [0.5, 0.6) is 0 Å². The van der Waals surface area contributed by atoms with Crippen LogP contribution in [-0.2, 0) is 10.3 Å². The maximum absolute atomic E-state index is 12.5. The van der Waals surface area contributed by atoms with Gasteiger partial charge in [-0.1, -0.05) is 0 Å². The van der Waals surface area contributed by atoms with Gasteiger partial charge in [0.05, 0.1) is 17.3 Å². The predicted molar refractivity (Wildman–Crippen MR) is 73.5 cm³/mol. The minimum absolute atomic E-state index is 0.202. The highest BCUT2D eigenvalue weighted by Crippen LogP contribution is 2.21. The summed E-state index contributed by atoms with van der Waals surface area (Å²) in [6.07, 6.45) is 5.43. The second-order valence-electron chi connectivity index (χ2n) is 6.19. The quantitative estimate of drug-likeness (QED) is 0.894. The molecule has 1 aliphatic rings. The molecule has 0 unspecified atom stereocenters. The number of likely N-dealkylation sites (tertiary alicyclic amines) is 1. The average Bonchev–Trinajstić information content (AvgIpc) is 2.87. The normalized spacial score (nSPS) is 19.9. The number of nitrogens with zero attached hydrogens (tertiary/aromatic N) is 3. The molecule has 6 heteroatoms. The monoisotopic (exact) mass is 279 g/mol. The zero-order chi connectivity index (χ0) is 14.9. The van der Waals surface area contributed by atoms with Gasteiger partial charge in [0.1, 0.15) is 6.04 Å². The molecule has 0 aromatic carbocycles. The number of aliphatic carboxylic acids is 1. The molecule has 110 valence electrons. The van der Waals surface area contributed by atoms with E-state index in [1.807, 2.05) is 20.8 Å². The summed E-state index contributed by atoms with van der Waals surface area (Å²) in [7, 11) is 0. The maximum atomic E-state index is 12.5. The smallest absolute Gasteiger partial charge is 0.326 e. The summed E-state index contributed by atoms with van der Waals surface area (Å²) in [6, 6.07) is -0.714. The van der Waals surface area contributed by atoms with E-state index >= 15 is 0 Å². The highest BCUT2D eigenvalue weighted by atomic mass is 16.4. The van der Waals surface area contributed by atoms with E-state index < -0.39 is 12.0 Å². The molecule has 1 saturated heterocycles. The number of carbonyl (C=O) groups is 2. The third kappa shape index (κ3) is 2.84. The molecule has 20 heavy (non-hydrogen) atoms. The van der Waals surface area contributed by atoms with Crippen LogP contribution in [-0.4, -0.2) is 44.3 Å². The second kappa shape index (κ2) is 5.26. The van der Waals surface area contributed by atoms with Crippen molar-refractivity contribution in [3.05, 3.63) is 18.0 Å². The fraction of sp³-hybridized carbons (Fsp3) is 0.643. The Hall–Kier alpha value is -1.85. The maximum Gasteiger partial charge on any atom is 0.326 e. The van der Waals surface area contributed by atoms with Crippen molar-refractivity contribution in [3.63, 3.8) is 0 Å². The summed E-state index contributed by atoms with van der Waals surface area (Å²) in [5.41, 5.74) is 0.250. The summed E-state index contributed by atoms with van der Waals surface area (Å²) < 4.78 is 1.72. The minimum Gasteiger partial charge on any atom is -0.480 e. The Morgan fingerprint density at radius 1 is 1.35 bits per heavy atom. The lowest BCUT2D eigenvalue weighted by Gasteiger charge is -2.32. The Bertz CT molecular complexity index is 516. The summed E-state index contributed by atoms with van der Waals surface area (Å²) >= 11 is 0. The molecule has 6 nitrogen and oxygen atoms in total. The Morgan fingerprint density at radius 3 is 2.60 bits per heavy atom. The van der Waals surface area contributed by atoms with Crippen molar-refractivity contribution in [2.75, 3.05) is 6.54 Å². The molecule has 1 atom stereocenters. The van der Waals surface area contributed by atoms with Crippen LogP contribution in [0.3, 0.4) is 0 Å². The fourth-order valence-electron chi connectivity index (χ4n) is 2.40. The van der Waals surface area contributed by atoms with Crippen LogP contribution in [0.2, 0.25) is 0 Å². The van der Waals surface area contributed by atoms with Crippen molar-refractivity contribution >= 4 is 11.9 Å². The van der Waals surface area contributed by atoms with Gasteiger partial charge in [0.15, 0.2) is 0 Å². The number of carboxylic acids is 1. The first-order valence-electron chi connectivity index (χ1n) is 6.89. The number of carbonyl (C=O) groups excluding carboxylic acids is 1. The number of piperidine rings is 1. The van der Waals surface area contributed by atoms with Crippen LogP contribution < -0.4 is 0 Å². The lowest BCUT2D eigenvalue weighted by atomic mass is 10.0. The van der Waals surface area contributed by atoms with E-state index in [1.54, 1.807) is 10.9 Å². The Balaban J connectivity index is 2.21. The highest BCUT2D eigenvalue weighted by Gasteiger charge is 2.33. The van der Waals surface area contributed by atoms with Crippen molar-refractivity contribution in [1.82, 2.24) is 14.7 Å². The highest BCUT2D eigenvalue weighted by molar-refractivity contribution is 5.96. The molecule has 2 heterocycles. The molecule has 0 aliphatic carbocycles. The van der Waals surface area contributed by atoms with Gasteiger partial charge >= 0.3 is 5.97 Å². The zero-order valence-electron chi connectivity index (χ0n) is 12.2. The first-order chi connectivity index (χ1) is 9.30. The number of amides is 1. The van der Waals surface area contributed by atoms with Gasteiger partial charge in [-0.2, -0.15) is 5.10 Å². The molecular formula is C14H21N3O3. The van der Waals surface area contributed by atoms with Crippen molar-refractivity contribution in [3.8, 4) is 0 Å². The van der Waals surface area contributed by atoms with Crippen LogP contribution in [0.4, 0.5) is 0 Å². The van der Waals surface area contributed by atoms with Crippen molar-refractivity contribution in [2.45, 2.75) is 51.6 Å². The van der Waals surface area contributed by atoms with Gasteiger partial charge in [-0.05, 0) is 40.0 Å². The minimum atomic E-state index is -0.929. The largest absolute Gasteiger partial charge is 0.480 e. The summed E-state index contributed by atoms with van der Waals surface area (Å²) in [6.45, 7) is 6.48. The first-order valence-corrected chi connectivity index (χ1v) is 6.89. The van der Waals surface area contributed by atoms with Gasteiger partial charge in [-0.25, -0.2) is 4.79 Å². The predicted octanol–water partition coefficient (Wildman–Crippen LogP) is 1.72. The molecule has 1 N–H and O–H groups in total. The van der Waals surface area contributed by atoms with Gasteiger partial charge in [0.2, 0.25) is 0 Å². The molecule has 1 aromatic rings. The number of rotatable bonds is 2. The van der Waals surface area contributed by atoms with E-state index in [2.05, 4.69) is 5.10 Å². The second-order valence-corrected chi connectivity index (χ2v) is 6.19. The van der Waals surface area contributed by atoms with Gasteiger partial charge in [0, 0.05) is 12.7 Å². The lowest BCUT2D eigenvalue weighted by Crippen LogP contribution is -2.47. The van der Waals surface area contributed by atoms with Gasteiger partial charge < -0.3 is 10.0 Å². The first kappa shape index (κ1) is 14.6. The number of aromatic nitrogens is 2. The Kier molecular flexibility index (Phi) is 3.83. The van der Waals surface area contributed by atoms with E-state index in [-0.39, 0.29) is 11.4 Å². The summed E-state index contributed by atoms with van der Waals surface area (Å²) in [5.74, 6) is -1.17. The van der Waals surface area contributed by atoms with Crippen molar-refractivity contribution in [2.24, 2.45) is 0 Å². The molecule has 0 radical (unpaired) electrons.